The van der Waals surface area contributed by atoms with Crippen LogP contribution in [0.3, 0.4) is 0 Å². The number of nitro groups is 1. The number of halogens is 1. The topological polar surface area (TPSA) is 88.8 Å². The highest BCUT2D eigenvalue weighted by molar-refractivity contribution is 14.0. The van der Waals surface area contributed by atoms with Crippen LogP contribution in [0.25, 0.3) is 0 Å². The fourth-order valence-corrected chi connectivity index (χ4v) is 1.72. The van der Waals surface area contributed by atoms with Gasteiger partial charge in [-0.05, 0) is 12.0 Å². The Hall–Kier alpha value is -1.42. The third-order valence-corrected chi connectivity index (χ3v) is 2.99. The molecule has 0 spiro atoms. The van der Waals surface area contributed by atoms with E-state index < -0.39 is 4.92 Å². The first kappa shape index (κ1) is 21.6. The van der Waals surface area contributed by atoms with Gasteiger partial charge in [0.05, 0.1) is 18.1 Å². The van der Waals surface area contributed by atoms with Crippen LogP contribution in [0, 0.1) is 10.1 Å². The zero-order chi connectivity index (χ0) is 16.2. The fourth-order valence-electron chi connectivity index (χ4n) is 1.72. The summed E-state index contributed by atoms with van der Waals surface area (Å²) < 4.78 is 5.01. The van der Waals surface area contributed by atoms with E-state index in [1.54, 1.807) is 19.2 Å². The summed E-state index contributed by atoms with van der Waals surface area (Å²) >= 11 is 0. The minimum Gasteiger partial charge on any atom is -0.383 e. The molecule has 0 fully saturated rings. The predicted octanol–water partition coefficient (Wildman–Crippen LogP) is 2.69. The second-order valence-corrected chi connectivity index (χ2v) is 4.79. The zero-order valence-corrected chi connectivity index (χ0v) is 15.9. The number of ether oxygens (including phenoxy) is 1. The van der Waals surface area contributed by atoms with Crippen molar-refractivity contribution in [1.82, 2.24) is 10.6 Å². The second kappa shape index (κ2) is 13.1. The van der Waals surface area contributed by atoms with Gasteiger partial charge in [-0.15, -0.1) is 24.0 Å². The van der Waals surface area contributed by atoms with Gasteiger partial charge in [0.1, 0.15) is 0 Å². The Kier molecular flexibility index (Phi) is 12.3. The molecule has 7 nitrogen and oxygen atoms in total. The largest absolute Gasteiger partial charge is 0.383 e. The minimum absolute atomic E-state index is 0. The molecule has 0 amide bonds. The van der Waals surface area contributed by atoms with Crippen molar-refractivity contribution in [2.24, 2.45) is 4.99 Å². The minimum atomic E-state index is -0.406. The van der Waals surface area contributed by atoms with Crippen molar-refractivity contribution in [3.8, 4) is 0 Å². The van der Waals surface area contributed by atoms with Crippen LogP contribution in [0.4, 0.5) is 5.69 Å². The molecule has 0 aliphatic rings. The Labute approximate surface area is 154 Å². The summed E-state index contributed by atoms with van der Waals surface area (Å²) in [5, 5.41) is 17.1. The van der Waals surface area contributed by atoms with Crippen LogP contribution < -0.4 is 10.6 Å². The molecule has 0 aliphatic carbocycles. The number of nitro benzene ring substituents is 1. The van der Waals surface area contributed by atoms with Crippen molar-refractivity contribution in [2.45, 2.75) is 26.3 Å². The Morgan fingerprint density at radius 2 is 1.91 bits per heavy atom. The van der Waals surface area contributed by atoms with Gasteiger partial charge in [0.2, 0.25) is 0 Å². The van der Waals surface area contributed by atoms with Crippen LogP contribution in [0.15, 0.2) is 29.3 Å². The van der Waals surface area contributed by atoms with E-state index in [0.29, 0.717) is 19.7 Å². The van der Waals surface area contributed by atoms with E-state index in [4.69, 9.17) is 4.74 Å². The number of nitrogens with one attached hydrogen (secondary N) is 2. The van der Waals surface area contributed by atoms with Crippen molar-refractivity contribution < 1.29 is 9.66 Å². The molecule has 0 aromatic heterocycles. The number of unbranched alkanes of at least 4 members (excludes halogenated alkanes) is 1. The molecule has 0 radical (unpaired) electrons. The normalized spacial score (nSPS) is 10.8. The lowest BCUT2D eigenvalue weighted by molar-refractivity contribution is -0.384. The third kappa shape index (κ3) is 9.34. The standard InChI is InChI=1S/C15H24N4O3.HI/c1-3-4-9-16-15(17-10-11-22-2)18-12-13-5-7-14(8-6-13)19(20)21;/h5-8H,3-4,9-12H2,1-2H3,(H2,16,17,18);1H. The van der Waals surface area contributed by atoms with Crippen LogP contribution in [-0.2, 0) is 11.3 Å². The lowest BCUT2D eigenvalue weighted by Crippen LogP contribution is -2.39. The van der Waals surface area contributed by atoms with Crippen LogP contribution in [0.2, 0.25) is 0 Å². The molecule has 8 heteroatoms. The molecule has 2 N–H and O–H groups in total. The number of hydrogen-bond acceptors (Lipinski definition) is 4. The summed E-state index contributed by atoms with van der Waals surface area (Å²) in [5.74, 6) is 0.726. The maximum absolute atomic E-state index is 10.6. The van der Waals surface area contributed by atoms with E-state index in [0.717, 1.165) is 30.9 Å². The summed E-state index contributed by atoms with van der Waals surface area (Å²) in [7, 11) is 1.65. The van der Waals surface area contributed by atoms with Gasteiger partial charge >= 0.3 is 0 Å². The van der Waals surface area contributed by atoms with Gasteiger partial charge in [-0.1, -0.05) is 25.5 Å². The zero-order valence-electron chi connectivity index (χ0n) is 13.6. The van der Waals surface area contributed by atoms with Crippen LogP contribution >= 0.6 is 24.0 Å². The maximum Gasteiger partial charge on any atom is 0.269 e. The van der Waals surface area contributed by atoms with E-state index in [1.165, 1.54) is 12.1 Å². The summed E-state index contributed by atoms with van der Waals surface area (Å²) in [6.07, 6.45) is 2.18. The maximum atomic E-state index is 10.6. The fraction of sp³-hybridized carbons (Fsp3) is 0.533. The number of benzene rings is 1. The van der Waals surface area contributed by atoms with Crippen molar-refractivity contribution in [1.29, 1.82) is 0 Å². The average Bonchev–Trinajstić information content (AvgIpc) is 2.53. The smallest absolute Gasteiger partial charge is 0.269 e. The number of rotatable bonds is 9. The highest BCUT2D eigenvalue weighted by Gasteiger charge is 2.04. The Morgan fingerprint density at radius 1 is 1.26 bits per heavy atom. The molecular weight excluding hydrogens is 411 g/mol. The molecule has 0 unspecified atom stereocenters. The van der Waals surface area contributed by atoms with E-state index in [9.17, 15) is 10.1 Å². The number of nitrogens with zero attached hydrogens (tertiary/aromatic N) is 2. The first-order valence-corrected chi connectivity index (χ1v) is 7.41. The highest BCUT2D eigenvalue weighted by atomic mass is 127. The molecule has 130 valence electrons. The van der Waals surface area contributed by atoms with E-state index in [2.05, 4.69) is 22.5 Å². The third-order valence-electron chi connectivity index (χ3n) is 2.99. The van der Waals surface area contributed by atoms with Gasteiger partial charge in [-0.2, -0.15) is 0 Å². The Balaban J connectivity index is 0.00000484. The quantitative estimate of drug-likeness (QED) is 0.155. The molecule has 1 rings (SSSR count). The SMILES string of the molecule is CCCCNC(=NCc1ccc([N+](=O)[O-])cc1)NCCOC.I. The molecular formula is C15H25IN4O3. The Bertz CT molecular complexity index is 468. The first-order chi connectivity index (χ1) is 10.7. The molecule has 1 aromatic carbocycles. The highest BCUT2D eigenvalue weighted by Crippen LogP contribution is 2.12. The number of hydrogen-bond donors (Lipinski definition) is 2. The monoisotopic (exact) mass is 436 g/mol. The van der Waals surface area contributed by atoms with Gasteiger partial charge in [-0.3, -0.25) is 10.1 Å². The average molecular weight is 436 g/mol. The van der Waals surface area contributed by atoms with Gasteiger partial charge < -0.3 is 15.4 Å². The summed E-state index contributed by atoms with van der Waals surface area (Å²) in [6.45, 7) is 4.73. The molecule has 0 saturated carbocycles. The predicted molar refractivity (Wildman–Crippen MR) is 102 cm³/mol. The van der Waals surface area contributed by atoms with Crippen LogP contribution in [-0.4, -0.2) is 37.7 Å². The summed E-state index contributed by atoms with van der Waals surface area (Å²) in [5.41, 5.74) is 1.01. The van der Waals surface area contributed by atoms with Gasteiger partial charge in [0, 0.05) is 32.3 Å². The number of methoxy groups -OCH3 is 1. The number of non-ortho nitro benzene ring substituents is 1. The van der Waals surface area contributed by atoms with Crippen molar-refractivity contribution >= 4 is 35.6 Å². The van der Waals surface area contributed by atoms with Crippen molar-refractivity contribution in [3.63, 3.8) is 0 Å². The summed E-state index contributed by atoms with van der Waals surface area (Å²) in [6, 6.07) is 6.43. The Morgan fingerprint density at radius 3 is 2.48 bits per heavy atom. The van der Waals surface area contributed by atoms with Gasteiger partial charge in [-0.25, -0.2) is 4.99 Å². The molecule has 1 aromatic rings. The number of aliphatic imine (C=N–C) groups is 1. The molecule has 0 heterocycles. The van der Waals surface area contributed by atoms with Crippen LogP contribution in [0.5, 0.6) is 0 Å². The lowest BCUT2D eigenvalue weighted by atomic mass is 10.2. The first-order valence-electron chi connectivity index (χ1n) is 7.41. The van der Waals surface area contributed by atoms with Gasteiger partial charge in [0.15, 0.2) is 5.96 Å². The van der Waals surface area contributed by atoms with Crippen molar-refractivity contribution in [2.75, 3.05) is 26.8 Å². The molecule has 0 bridgehead atoms. The second-order valence-electron chi connectivity index (χ2n) is 4.79. The molecule has 0 atom stereocenters. The van der Waals surface area contributed by atoms with E-state index >= 15 is 0 Å². The van der Waals surface area contributed by atoms with E-state index in [1.807, 2.05) is 0 Å². The molecule has 23 heavy (non-hydrogen) atoms. The molecule has 0 aliphatic heterocycles. The molecule has 0 saturated heterocycles. The van der Waals surface area contributed by atoms with E-state index in [-0.39, 0.29) is 29.7 Å². The van der Waals surface area contributed by atoms with Crippen LogP contribution in [0.1, 0.15) is 25.3 Å². The summed E-state index contributed by atoms with van der Waals surface area (Å²) in [4.78, 5) is 14.7. The van der Waals surface area contributed by atoms with Crippen molar-refractivity contribution in [3.05, 3.63) is 39.9 Å². The lowest BCUT2D eigenvalue weighted by Gasteiger charge is -2.12. The van der Waals surface area contributed by atoms with Gasteiger partial charge in [0.25, 0.3) is 5.69 Å². The number of guanidine groups is 1.